The fraction of sp³-hybridized carbons (Fsp3) is 0.486. The fourth-order valence-electron chi connectivity index (χ4n) is 7.01. The SMILES string of the molecule is CCc1nc2ccc(F)cc2nc1O[C@@H]1C[C@H]2C(=O)N[C@]3(C(=O)NS(=O)(=O)C4(C)CC4)CC3/C=C\C=C\CCC[C@H](NC(=O)c3cc(C)[nH]n3)C(=O)N2C1. The number of fused-ring (bicyclic) bond motifs is 3. The number of benzene rings is 1. The molecule has 5 atom stereocenters. The van der Waals surface area contributed by atoms with Crippen LogP contribution in [0.2, 0.25) is 0 Å². The highest BCUT2D eigenvalue weighted by atomic mass is 32.2. The summed E-state index contributed by atoms with van der Waals surface area (Å²) in [5, 5.41) is 12.4. The first kappa shape index (κ1) is 37.1. The molecule has 2 aliphatic heterocycles. The molecule has 2 aliphatic carbocycles. The molecule has 15 nitrogen and oxygen atoms in total. The molecule has 1 aromatic carbocycles. The quantitative estimate of drug-likeness (QED) is 0.264. The van der Waals surface area contributed by atoms with Gasteiger partial charge in [-0.05, 0) is 77.0 Å². The normalized spacial score (nSPS) is 27.7. The lowest BCUT2D eigenvalue weighted by molar-refractivity contribution is -0.141. The maximum absolute atomic E-state index is 14.5. The molecule has 286 valence electrons. The highest BCUT2D eigenvalue weighted by Gasteiger charge is 2.63. The Morgan fingerprint density at radius 1 is 1.13 bits per heavy atom. The number of nitrogens with zero attached hydrogens (tertiary/aromatic N) is 4. The van der Waals surface area contributed by atoms with E-state index in [1.807, 2.05) is 13.0 Å². The molecule has 1 unspecified atom stereocenters. The third kappa shape index (κ3) is 7.32. The predicted molar refractivity (Wildman–Crippen MR) is 194 cm³/mol. The Bertz CT molecular complexity index is 2180. The number of aromatic nitrogens is 4. The average molecular weight is 763 g/mol. The van der Waals surface area contributed by atoms with E-state index in [1.54, 1.807) is 38.1 Å². The molecule has 3 aromatic rings. The van der Waals surface area contributed by atoms with Crippen LogP contribution < -0.4 is 20.1 Å². The van der Waals surface area contributed by atoms with Gasteiger partial charge in [-0.3, -0.25) is 29.0 Å². The van der Waals surface area contributed by atoms with Crippen LogP contribution >= 0.6 is 0 Å². The Labute approximate surface area is 311 Å². The summed E-state index contributed by atoms with van der Waals surface area (Å²) in [5.41, 5.74) is 0.413. The second-order valence-corrected chi connectivity index (χ2v) is 17.0. The molecule has 4 heterocycles. The largest absolute Gasteiger partial charge is 0.471 e. The van der Waals surface area contributed by atoms with Gasteiger partial charge in [-0.2, -0.15) is 5.10 Å². The first-order valence-electron chi connectivity index (χ1n) is 18.2. The van der Waals surface area contributed by atoms with Crippen molar-refractivity contribution < 1.29 is 36.7 Å². The molecule has 4 aliphatic rings. The van der Waals surface area contributed by atoms with E-state index in [0.29, 0.717) is 49.0 Å². The monoisotopic (exact) mass is 762 g/mol. The topological polar surface area (TPSA) is 205 Å². The zero-order valence-electron chi connectivity index (χ0n) is 30.2. The lowest BCUT2D eigenvalue weighted by atomic mass is 10.1. The highest BCUT2D eigenvalue weighted by molar-refractivity contribution is 7.91. The molecule has 17 heteroatoms. The predicted octanol–water partition coefficient (Wildman–Crippen LogP) is 2.68. The molecule has 2 saturated carbocycles. The van der Waals surface area contributed by atoms with Crippen molar-refractivity contribution in [3.8, 4) is 5.88 Å². The summed E-state index contributed by atoms with van der Waals surface area (Å²) in [6, 6.07) is 3.37. The molecule has 4 N–H and O–H groups in total. The summed E-state index contributed by atoms with van der Waals surface area (Å²) in [6.45, 7) is 5.08. The second-order valence-electron chi connectivity index (χ2n) is 14.8. The number of carbonyl (C=O) groups excluding carboxylic acids is 4. The van der Waals surface area contributed by atoms with E-state index in [2.05, 4.69) is 35.5 Å². The van der Waals surface area contributed by atoms with E-state index < -0.39 is 73.9 Å². The first-order chi connectivity index (χ1) is 25.7. The van der Waals surface area contributed by atoms with Gasteiger partial charge in [0, 0.05) is 24.1 Å². The third-order valence-corrected chi connectivity index (χ3v) is 12.9. The summed E-state index contributed by atoms with van der Waals surface area (Å²) >= 11 is 0. The van der Waals surface area contributed by atoms with Gasteiger partial charge in [0.25, 0.3) is 11.8 Å². The van der Waals surface area contributed by atoms with Crippen LogP contribution in [0.5, 0.6) is 5.88 Å². The van der Waals surface area contributed by atoms with Crippen LogP contribution in [-0.2, 0) is 30.8 Å². The number of carbonyl (C=O) groups is 4. The summed E-state index contributed by atoms with van der Waals surface area (Å²) in [6.07, 6.45) is 9.09. The number of halogens is 1. The number of aromatic amines is 1. The number of hydrogen-bond acceptors (Lipinski definition) is 10. The minimum absolute atomic E-state index is 0.0288. The molecular weight excluding hydrogens is 720 g/mol. The molecular formula is C37H43FN8O7S. The molecule has 3 fully saturated rings. The first-order valence-corrected chi connectivity index (χ1v) is 19.7. The van der Waals surface area contributed by atoms with Crippen molar-refractivity contribution in [2.45, 2.75) is 101 Å². The smallest absolute Gasteiger partial charge is 0.272 e. The zero-order valence-corrected chi connectivity index (χ0v) is 31.0. The van der Waals surface area contributed by atoms with Crippen molar-refractivity contribution in [2.75, 3.05) is 6.54 Å². The van der Waals surface area contributed by atoms with Crippen LogP contribution in [-0.4, -0.2) is 92.1 Å². The molecule has 54 heavy (non-hydrogen) atoms. The molecule has 0 bridgehead atoms. The van der Waals surface area contributed by atoms with Gasteiger partial charge < -0.3 is 20.3 Å². The van der Waals surface area contributed by atoms with E-state index >= 15 is 0 Å². The average Bonchev–Trinajstić information content (AvgIpc) is 3.93. The summed E-state index contributed by atoms with van der Waals surface area (Å²) in [5.74, 6) is -3.53. The van der Waals surface area contributed by atoms with Gasteiger partial charge in [0.2, 0.25) is 27.7 Å². The van der Waals surface area contributed by atoms with Gasteiger partial charge in [0.05, 0.1) is 22.3 Å². The number of H-pyrrole nitrogens is 1. The maximum atomic E-state index is 14.5. The van der Waals surface area contributed by atoms with Crippen LogP contribution in [0.3, 0.4) is 0 Å². The number of amides is 4. The second kappa shape index (κ2) is 14.2. The van der Waals surface area contributed by atoms with Crippen LogP contribution in [0.1, 0.15) is 80.7 Å². The van der Waals surface area contributed by atoms with Crippen molar-refractivity contribution in [3.05, 3.63) is 71.5 Å². The number of hydrogen-bond donors (Lipinski definition) is 4. The number of allylic oxidation sites excluding steroid dienone is 3. The third-order valence-electron chi connectivity index (χ3n) is 10.7. The minimum Gasteiger partial charge on any atom is -0.471 e. The Hall–Kier alpha value is -5.19. The summed E-state index contributed by atoms with van der Waals surface area (Å²) < 4.78 is 47.9. The molecule has 0 spiro atoms. The summed E-state index contributed by atoms with van der Waals surface area (Å²) in [7, 11) is -4.02. The molecule has 0 radical (unpaired) electrons. The summed E-state index contributed by atoms with van der Waals surface area (Å²) in [4.78, 5) is 66.4. The van der Waals surface area contributed by atoms with Crippen molar-refractivity contribution in [1.82, 2.24) is 40.4 Å². The van der Waals surface area contributed by atoms with Gasteiger partial charge >= 0.3 is 0 Å². The lowest BCUT2D eigenvalue weighted by Gasteiger charge is -2.30. The molecule has 1 saturated heterocycles. The highest BCUT2D eigenvalue weighted by Crippen LogP contribution is 2.47. The van der Waals surface area contributed by atoms with E-state index in [1.165, 1.54) is 23.1 Å². The van der Waals surface area contributed by atoms with Gasteiger partial charge in [-0.25, -0.2) is 22.8 Å². The number of aryl methyl sites for hydroxylation is 2. The van der Waals surface area contributed by atoms with E-state index in [4.69, 9.17) is 4.74 Å². The van der Waals surface area contributed by atoms with Crippen molar-refractivity contribution in [2.24, 2.45) is 5.92 Å². The van der Waals surface area contributed by atoms with Gasteiger partial charge in [-0.15, -0.1) is 0 Å². The molecule has 2 aromatic heterocycles. The van der Waals surface area contributed by atoms with Crippen molar-refractivity contribution >= 4 is 44.7 Å². The standard InChI is InChI=1S/C37H43FN8O7S/c1-4-25-33(41-28-17-23(38)12-13-26(28)39-25)53-24-18-30-32(48)42-37(35(50)45-54(51,52)36(3)14-15-36)19-22(37)10-8-6-5-7-9-11-27(34(49)46(30)20-24)40-31(47)29-16-21(2)43-44-29/h5-6,8,10,12-13,16-17,22,24,27,30H,4,7,9,11,14-15,18-20H2,1-3H3,(H,40,47)(H,42,48)(H,43,44)(H,45,50)/b6-5+,10-8-/t22?,24-,27+,30+,37-/m1/s1. The number of sulfonamides is 1. The van der Waals surface area contributed by atoms with Crippen molar-refractivity contribution in [3.63, 3.8) is 0 Å². The van der Waals surface area contributed by atoms with E-state index in [0.717, 1.165) is 0 Å². The number of ether oxygens (including phenoxy) is 1. The lowest BCUT2D eigenvalue weighted by Crippen LogP contribution is -2.58. The Kier molecular flexibility index (Phi) is 9.78. The van der Waals surface area contributed by atoms with Crippen LogP contribution in [0.4, 0.5) is 4.39 Å². The zero-order chi connectivity index (χ0) is 38.4. The van der Waals surface area contributed by atoms with Crippen LogP contribution in [0, 0.1) is 18.7 Å². The van der Waals surface area contributed by atoms with Crippen LogP contribution in [0.15, 0.2) is 48.6 Å². The van der Waals surface area contributed by atoms with Gasteiger partial charge in [0.15, 0.2) is 0 Å². The van der Waals surface area contributed by atoms with Crippen molar-refractivity contribution in [1.29, 1.82) is 0 Å². The van der Waals surface area contributed by atoms with E-state index in [9.17, 15) is 32.0 Å². The van der Waals surface area contributed by atoms with Gasteiger partial charge in [-0.1, -0.05) is 31.2 Å². The molecule has 7 rings (SSSR count). The van der Waals surface area contributed by atoms with E-state index in [-0.39, 0.29) is 42.9 Å². The van der Waals surface area contributed by atoms with Gasteiger partial charge in [0.1, 0.15) is 40.9 Å². The number of rotatable bonds is 8. The maximum Gasteiger partial charge on any atom is 0.272 e. The number of nitrogens with one attached hydrogen (secondary N) is 4. The van der Waals surface area contributed by atoms with Crippen LogP contribution in [0.25, 0.3) is 11.0 Å². The Morgan fingerprint density at radius 3 is 2.65 bits per heavy atom. The minimum atomic E-state index is -4.02. The Morgan fingerprint density at radius 2 is 1.93 bits per heavy atom. The fourth-order valence-corrected chi connectivity index (χ4v) is 8.32. The molecule has 4 amide bonds. The Balaban J connectivity index is 1.21.